The first-order valence-electron chi connectivity index (χ1n) is 12.6. The molecule has 0 saturated heterocycles. The Morgan fingerprint density at radius 2 is 1.69 bits per heavy atom. The first-order valence-corrected chi connectivity index (χ1v) is 12.6. The van der Waals surface area contributed by atoms with Gasteiger partial charge in [-0.25, -0.2) is 4.98 Å². The quantitative estimate of drug-likeness (QED) is 0.378. The lowest BCUT2D eigenvalue weighted by Gasteiger charge is -2.34. The van der Waals surface area contributed by atoms with Crippen LogP contribution in [0.5, 0.6) is 5.75 Å². The highest BCUT2D eigenvalue weighted by Gasteiger charge is 2.25. The molecule has 0 saturated carbocycles. The minimum Gasteiger partial charge on any atom is -0.496 e. The minimum atomic E-state index is -0.163. The summed E-state index contributed by atoms with van der Waals surface area (Å²) < 4.78 is 7.33. The molecule has 7 heteroatoms. The minimum absolute atomic E-state index is 0.113. The number of amides is 2. The van der Waals surface area contributed by atoms with Crippen molar-refractivity contribution < 1.29 is 14.3 Å². The van der Waals surface area contributed by atoms with Crippen LogP contribution in [0.3, 0.4) is 0 Å². The van der Waals surface area contributed by atoms with Crippen molar-refractivity contribution in [3.05, 3.63) is 59.9 Å². The number of benzene rings is 2. The number of hydrogen-bond donors (Lipinski definition) is 1. The van der Waals surface area contributed by atoms with Crippen LogP contribution in [0.15, 0.2) is 48.5 Å². The fourth-order valence-electron chi connectivity index (χ4n) is 4.40. The van der Waals surface area contributed by atoms with Crippen LogP contribution in [-0.4, -0.2) is 52.0 Å². The standard InChI is InChI=1S/C28H38N4O3/c1-6-20(3)32(21(4)7-2)27(33)19-31-24-15-10-9-14-23(24)30-26(31)17-12-18-29-28(34)22-13-8-11-16-25(22)35-5/h8-11,13-16,20-21H,6-7,12,17-19H2,1-5H3,(H,29,34). The Bertz CT molecular complexity index is 1130. The zero-order valence-electron chi connectivity index (χ0n) is 21.6. The lowest BCUT2D eigenvalue weighted by atomic mass is 10.1. The molecule has 2 amide bonds. The monoisotopic (exact) mass is 478 g/mol. The van der Waals surface area contributed by atoms with E-state index in [0.29, 0.717) is 30.7 Å². The molecule has 0 spiro atoms. The molecule has 35 heavy (non-hydrogen) atoms. The zero-order valence-corrected chi connectivity index (χ0v) is 21.6. The number of rotatable bonds is 12. The van der Waals surface area contributed by atoms with Crippen LogP contribution in [0.4, 0.5) is 0 Å². The van der Waals surface area contributed by atoms with E-state index in [0.717, 1.165) is 29.7 Å². The molecule has 3 aromatic rings. The fraction of sp³-hybridized carbons (Fsp3) is 0.464. The van der Waals surface area contributed by atoms with E-state index in [1.165, 1.54) is 0 Å². The number of methoxy groups -OCH3 is 1. The second kappa shape index (κ2) is 12.4. The summed E-state index contributed by atoms with van der Waals surface area (Å²) in [6.45, 7) is 9.22. The SMILES string of the molecule is CCC(C)N(C(=O)Cn1c(CCCNC(=O)c2ccccc2OC)nc2ccccc21)C(C)CC. The topological polar surface area (TPSA) is 76.5 Å². The highest BCUT2D eigenvalue weighted by Crippen LogP contribution is 2.20. The third-order valence-corrected chi connectivity index (χ3v) is 6.66. The Morgan fingerprint density at radius 3 is 2.37 bits per heavy atom. The van der Waals surface area contributed by atoms with Gasteiger partial charge in [0.15, 0.2) is 0 Å². The summed E-state index contributed by atoms with van der Waals surface area (Å²) in [7, 11) is 1.56. The highest BCUT2D eigenvalue weighted by atomic mass is 16.5. The van der Waals surface area contributed by atoms with E-state index >= 15 is 0 Å². The fourth-order valence-corrected chi connectivity index (χ4v) is 4.40. The number of carbonyl (C=O) groups is 2. The van der Waals surface area contributed by atoms with Crippen LogP contribution >= 0.6 is 0 Å². The van der Waals surface area contributed by atoms with Gasteiger partial charge in [0.05, 0.1) is 23.7 Å². The molecule has 7 nitrogen and oxygen atoms in total. The summed E-state index contributed by atoms with van der Waals surface area (Å²) >= 11 is 0. The van der Waals surface area contributed by atoms with Gasteiger partial charge in [-0.05, 0) is 57.4 Å². The smallest absolute Gasteiger partial charge is 0.255 e. The first kappa shape index (κ1) is 26.3. The van der Waals surface area contributed by atoms with Crippen LogP contribution in [0.1, 0.15) is 63.1 Å². The van der Waals surface area contributed by atoms with Gasteiger partial charge in [-0.15, -0.1) is 0 Å². The third kappa shape index (κ3) is 6.21. The van der Waals surface area contributed by atoms with Crippen molar-refractivity contribution in [3.8, 4) is 5.75 Å². The van der Waals surface area contributed by atoms with Gasteiger partial charge in [-0.2, -0.15) is 0 Å². The van der Waals surface area contributed by atoms with Crippen molar-refractivity contribution in [2.24, 2.45) is 0 Å². The first-order chi connectivity index (χ1) is 16.9. The van der Waals surface area contributed by atoms with Crippen LogP contribution in [0, 0.1) is 0 Å². The van der Waals surface area contributed by atoms with Gasteiger partial charge >= 0.3 is 0 Å². The molecule has 0 fully saturated rings. The zero-order chi connectivity index (χ0) is 25.4. The summed E-state index contributed by atoms with van der Waals surface area (Å²) in [5, 5.41) is 2.97. The number of aryl methyl sites for hydroxylation is 1. The molecule has 1 aromatic heterocycles. The Morgan fingerprint density at radius 1 is 1.03 bits per heavy atom. The van der Waals surface area contributed by atoms with Crippen LogP contribution in [0.25, 0.3) is 11.0 Å². The number of ether oxygens (including phenoxy) is 1. The van der Waals surface area contributed by atoms with Gasteiger partial charge in [0.1, 0.15) is 18.1 Å². The number of hydrogen-bond acceptors (Lipinski definition) is 4. The molecule has 0 aliphatic rings. The van der Waals surface area contributed by atoms with Crippen molar-refractivity contribution in [1.82, 2.24) is 19.8 Å². The lowest BCUT2D eigenvalue weighted by Crippen LogP contribution is -2.45. The summed E-state index contributed by atoms with van der Waals surface area (Å²) in [4.78, 5) is 32.9. The van der Waals surface area contributed by atoms with Crippen LogP contribution < -0.4 is 10.1 Å². The molecular weight excluding hydrogens is 440 g/mol. The molecule has 1 N–H and O–H groups in total. The maximum absolute atomic E-state index is 13.5. The Hall–Kier alpha value is -3.35. The van der Waals surface area contributed by atoms with Gasteiger partial charge < -0.3 is 19.5 Å². The van der Waals surface area contributed by atoms with E-state index in [9.17, 15) is 9.59 Å². The van der Waals surface area contributed by atoms with E-state index in [2.05, 4.69) is 33.0 Å². The van der Waals surface area contributed by atoms with Crippen molar-refractivity contribution in [1.29, 1.82) is 0 Å². The van der Waals surface area contributed by atoms with Gasteiger partial charge in [0.2, 0.25) is 5.91 Å². The number of nitrogens with one attached hydrogen (secondary N) is 1. The molecule has 2 unspecified atom stereocenters. The number of carbonyl (C=O) groups excluding carboxylic acids is 2. The average molecular weight is 479 g/mol. The summed E-state index contributed by atoms with van der Waals surface area (Å²) in [6.07, 6.45) is 3.19. The van der Waals surface area contributed by atoms with Crippen LogP contribution in [-0.2, 0) is 17.8 Å². The Labute approximate surface area is 208 Å². The van der Waals surface area contributed by atoms with Crippen molar-refractivity contribution >= 4 is 22.8 Å². The van der Waals surface area contributed by atoms with Gasteiger partial charge in [0.25, 0.3) is 5.91 Å². The van der Waals surface area contributed by atoms with E-state index in [4.69, 9.17) is 9.72 Å². The molecule has 0 bridgehead atoms. The number of imidazole rings is 1. The summed E-state index contributed by atoms with van der Waals surface area (Å²) in [5.74, 6) is 1.36. The van der Waals surface area contributed by atoms with Gasteiger partial charge in [-0.1, -0.05) is 38.1 Å². The maximum Gasteiger partial charge on any atom is 0.255 e. The second-order valence-corrected chi connectivity index (χ2v) is 8.98. The normalized spacial score (nSPS) is 12.8. The second-order valence-electron chi connectivity index (χ2n) is 8.98. The predicted octanol–water partition coefficient (Wildman–Crippen LogP) is 4.83. The Kier molecular flexibility index (Phi) is 9.29. The van der Waals surface area contributed by atoms with Crippen molar-refractivity contribution in [3.63, 3.8) is 0 Å². The number of para-hydroxylation sites is 3. The van der Waals surface area contributed by atoms with Crippen molar-refractivity contribution in [2.75, 3.05) is 13.7 Å². The van der Waals surface area contributed by atoms with Crippen LogP contribution in [0.2, 0.25) is 0 Å². The van der Waals surface area contributed by atoms with Crippen molar-refractivity contribution in [2.45, 2.75) is 72.0 Å². The molecule has 0 aliphatic carbocycles. The molecular formula is C28H38N4O3. The number of fused-ring (bicyclic) bond motifs is 1. The predicted molar refractivity (Wildman–Crippen MR) is 140 cm³/mol. The number of aromatic nitrogens is 2. The largest absolute Gasteiger partial charge is 0.496 e. The molecule has 3 rings (SSSR count). The van der Waals surface area contributed by atoms with E-state index < -0.39 is 0 Å². The Balaban J connectivity index is 1.72. The molecule has 2 aromatic carbocycles. The maximum atomic E-state index is 13.5. The lowest BCUT2D eigenvalue weighted by molar-refractivity contribution is -0.136. The summed E-state index contributed by atoms with van der Waals surface area (Å²) in [5.41, 5.74) is 2.36. The highest BCUT2D eigenvalue weighted by molar-refractivity contribution is 5.96. The van der Waals surface area contributed by atoms with E-state index in [-0.39, 0.29) is 30.4 Å². The molecule has 188 valence electrons. The number of nitrogens with zero attached hydrogens (tertiary/aromatic N) is 3. The average Bonchev–Trinajstić information content (AvgIpc) is 3.23. The van der Waals surface area contributed by atoms with E-state index in [1.54, 1.807) is 19.2 Å². The van der Waals surface area contributed by atoms with E-state index in [1.807, 2.05) is 45.9 Å². The van der Waals surface area contributed by atoms with Gasteiger partial charge in [-0.3, -0.25) is 9.59 Å². The molecule has 2 atom stereocenters. The summed E-state index contributed by atoms with van der Waals surface area (Å²) in [6, 6.07) is 15.5. The molecule has 0 aliphatic heterocycles. The van der Waals surface area contributed by atoms with Gasteiger partial charge in [0, 0.05) is 25.0 Å². The molecule has 0 radical (unpaired) electrons. The third-order valence-electron chi connectivity index (χ3n) is 6.66. The molecule has 1 heterocycles.